The first-order chi connectivity index (χ1) is 13.1. The van der Waals surface area contributed by atoms with Gasteiger partial charge in [0.15, 0.2) is 0 Å². The third-order valence-corrected chi connectivity index (χ3v) is 5.78. The van der Waals surface area contributed by atoms with Gasteiger partial charge in [-0.15, -0.1) is 10.2 Å². The third kappa shape index (κ3) is 2.87. The van der Waals surface area contributed by atoms with E-state index in [9.17, 15) is 5.11 Å². The summed E-state index contributed by atoms with van der Waals surface area (Å²) in [5.41, 5.74) is 3.45. The van der Waals surface area contributed by atoms with Crippen LogP contribution in [0.15, 0.2) is 42.7 Å². The van der Waals surface area contributed by atoms with Crippen molar-refractivity contribution >= 4 is 11.3 Å². The first kappa shape index (κ1) is 17.9. The highest BCUT2D eigenvalue weighted by atomic mass is 16.3. The van der Waals surface area contributed by atoms with Gasteiger partial charge in [-0.2, -0.15) is 9.61 Å². The number of hydrogen-bond donors (Lipinski definition) is 1. The minimum absolute atomic E-state index is 0.400. The number of likely N-dealkylation sites (N-methyl/N-ethyl adjacent to an activating group) is 1. The van der Waals surface area contributed by atoms with E-state index in [1.807, 2.05) is 32.3 Å². The molecule has 27 heavy (non-hydrogen) atoms. The van der Waals surface area contributed by atoms with Crippen LogP contribution < -0.4 is 4.90 Å². The monoisotopic (exact) mass is 366 g/mol. The Labute approximate surface area is 159 Å². The predicted octanol–water partition coefficient (Wildman–Crippen LogP) is 1.71. The molecule has 0 aliphatic carbocycles. The molecule has 0 unspecified atom stereocenters. The summed E-state index contributed by atoms with van der Waals surface area (Å²) in [5, 5.41) is 24.1. The van der Waals surface area contributed by atoms with Crippen LogP contribution in [0.5, 0.6) is 0 Å². The van der Waals surface area contributed by atoms with Crippen LogP contribution in [0.25, 0.3) is 5.65 Å². The highest BCUT2D eigenvalue weighted by molar-refractivity contribution is 5.68. The number of rotatable bonds is 4. The van der Waals surface area contributed by atoms with Crippen molar-refractivity contribution in [1.29, 1.82) is 0 Å². The van der Waals surface area contributed by atoms with Crippen LogP contribution in [-0.4, -0.2) is 63.1 Å². The number of aliphatic hydroxyl groups excluding tert-OH is 1. The number of nitrogens with zero attached hydrogens (tertiary/aromatic N) is 6. The second-order valence-corrected chi connectivity index (χ2v) is 7.37. The highest BCUT2D eigenvalue weighted by Crippen LogP contribution is 2.39. The standard InChI is InChI=1S/C20H26N6O/c1-4-16-12-17(19-22-21-14-26(19)23-16)25-11-10-20(24(2)3,18(27)13-25)15-8-6-5-7-9-15/h5-9,12,14,18,27H,4,10-11,13H2,1-3H3/t18-,20+/m0/s1. The van der Waals surface area contributed by atoms with Crippen LogP contribution in [0.4, 0.5) is 5.69 Å². The van der Waals surface area contributed by atoms with E-state index in [2.05, 4.69) is 50.2 Å². The summed E-state index contributed by atoms with van der Waals surface area (Å²) in [4.78, 5) is 4.36. The molecule has 3 aromatic rings. The molecule has 1 fully saturated rings. The lowest BCUT2D eigenvalue weighted by molar-refractivity contribution is -0.0245. The van der Waals surface area contributed by atoms with E-state index in [0.717, 1.165) is 42.0 Å². The number of hydrogen-bond acceptors (Lipinski definition) is 6. The maximum Gasteiger partial charge on any atom is 0.200 e. The van der Waals surface area contributed by atoms with E-state index >= 15 is 0 Å². The molecule has 1 N–H and O–H groups in total. The number of aromatic nitrogens is 4. The van der Waals surface area contributed by atoms with Gasteiger partial charge in [0, 0.05) is 13.1 Å². The molecule has 0 radical (unpaired) electrons. The van der Waals surface area contributed by atoms with E-state index in [-0.39, 0.29) is 0 Å². The van der Waals surface area contributed by atoms with Gasteiger partial charge in [0.25, 0.3) is 0 Å². The van der Waals surface area contributed by atoms with Gasteiger partial charge in [-0.05, 0) is 38.6 Å². The molecule has 1 aliphatic rings. The molecule has 1 aliphatic heterocycles. The second-order valence-electron chi connectivity index (χ2n) is 7.37. The third-order valence-electron chi connectivity index (χ3n) is 5.78. The largest absolute Gasteiger partial charge is 0.389 e. The summed E-state index contributed by atoms with van der Waals surface area (Å²) < 4.78 is 1.73. The molecule has 142 valence electrons. The van der Waals surface area contributed by atoms with Crippen LogP contribution in [0, 0.1) is 0 Å². The summed E-state index contributed by atoms with van der Waals surface area (Å²) >= 11 is 0. The van der Waals surface area contributed by atoms with Crippen molar-refractivity contribution in [3.05, 3.63) is 54.0 Å². The summed E-state index contributed by atoms with van der Waals surface area (Å²) in [7, 11) is 4.09. The first-order valence-electron chi connectivity index (χ1n) is 9.42. The van der Waals surface area contributed by atoms with Gasteiger partial charge in [0.1, 0.15) is 6.33 Å². The van der Waals surface area contributed by atoms with Crippen LogP contribution in [-0.2, 0) is 12.0 Å². The van der Waals surface area contributed by atoms with E-state index in [1.54, 1.807) is 10.8 Å². The molecular formula is C20H26N6O. The van der Waals surface area contributed by atoms with Gasteiger partial charge >= 0.3 is 0 Å². The van der Waals surface area contributed by atoms with Gasteiger partial charge < -0.3 is 10.0 Å². The maximum absolute atomic E-state index is 11.3. The lowest BCUT2D eigenvalue weighted by Gasteiger charge is -2.50. The molecule has 2 atom stereocenters. The summed E-state index contributed by atoms with van der Waals surface area (Å²) in [5.74, 6) is 0. The van der Waals surface area contributed by atoms with Crippen LogP contribution in [0.3, 0.4) is 0 Å². The van der Waals surface area contributed by atoms with Crippen molar-refractivity contribution in [2.75, 3.05) is 32.1 Å². The zero-order valence-electron chi connectivity index (χ0n) is 16.1. The lowest BCUT2D eigenvalue weighted by atomic mass is 9.77. The molecule has 1 saturated heterocycles. The maximum atomic E-state index is 11.3. The van der Waals surface area contributed by atoms with Gasteiger partial charge in [-0.1, -0.05) is 37.3 Å². The molecule has 0 saturated carbocycles. The molecule has 4 rings (SSSR count). The fraction of sp³-hybridized carbons (Fsp3) is 0.450. The topological polar surface area (TPSA) is 69.8 Å². The van der Waals surface area contributed by atoms with Crippen molar-refractivity contribution in [2.24, 2.45) is 0 Å². The van der Waals surface area contributed by atoms with Crippen molar-refractivity contribution in [1.82, 2.24) is 24.7 Å². The average molecular weight is 366 g/mol. The van der Waals surface area contributed by atoms with Crippen molar-refractivity contribution < 1.29 is 5.11 Å². The fourth-order valence-electron chi connectivity index (χ4n) is 4.25. The molecule has 3 heterocycles. The Morgan fingerprint density at radius 3 is 2.70 bits per heavy atom. The van der Waals surface area contributed by atoms with Crippen molar-refractivity contribution in [3.63, 3.8) is 0 Å². The Hall–Kier alpha value is -2.51. The van der Waals surface area contributed by atoms with E-state index < -0.39 is 11.6 Å². The number of piperidine rings is 1. The second kappa shape index (κ2) is 6.90. The van der Waals surface area contributed by atoms with Gasteiger partial charge in [0.2, 0.25) is 5.65 Å². The fourth-order valence-corrected chi connectivity index (χ4v) is 4.25. The number of β-amino-alcohol motifs (C(OH)–C–C–N with tert-alkyl or cyclic N) is 1. The summed E-state index contributed by atoms with van der Waals surface area (Å²) in [6, 6.07) is 12.4. The molecular weight excluding hydrogens is 340 g/mol. The summed E-state index contributed by atoms with van der Waals surface area (Å²) in [6.07, 6.45) is 2.75. The van der Waals surface area contributed by atoms with Gasteiger partial charge in [0.05, 0.1) is 23.0 Å². The first-order valence-corrected chi connectivity index (χ1v) is 9.42. The van der Waals surface area contributed by atoms with Crippen LogP contribution in [0.2, 0.25) is 0 Å². The predicted molar refractivity (Wildman–Crippen MR) is 105 cm³/mol. The number of fused-ring (bicyclic) bond motifs is 1. The molecule has 0 spiro atoms. The highest BCUT2D eigenvalue weighted by Gasteiger charge is 2.45. The van der Waals surface area contributed by atoms with E-state index in [4.69, 9.17) is 0 Å². The number of anilines is 1. The van der Waals surface area contributed by atoms with E-state index in [0.29, 0.717) is 6.54 Å². The molecule has 1 aromatic carbocycles. The number of aryl methyl sites for hydroxylation is 1. The van der Waals surface area contributed by atoms with E-state index in [1.165, 1.54) is 0 Å². The minimum atomic E-state index is -0.537. The summed E-state index contributed by atoms with van der Waals surface area (Å²) in [6.45, 7) is 3.43. The zero-order chi connectivity index (χ0) is 19.0. The number of aliphatic hydroxyl groups is 1. The molecule has 0 amide bonds. The smallest absolute Gasteiger partial charge is 0.200 e. The average Bonchev–Trinajstić information content (AvgIpc) is 3.16. The minimum Gasteiger partial charge on any atom is -0.389 e. The molecule has 7 heteroatoms. The lowest BCUT2D eigenvalue weighted by Crippen LogP contribution is -2.60. The normalized spacial score (nSPS) is 23.3. The Morgan fingerprint density at radius 2 is 2.04 bits per heavy atom. The Bertz CT molecular complexity index is 925. The number of benzene rings is 1. The molecule has 0 bridgehead atoms. The Balaban J connectivity index is 1.71. The Morgan fingerprint density at radius 1 is 1.26 bits per heavy atom. The van der Waals surface area contributed by atoms with Gasteiger partial charge in [-0.3, -0.25) is 4.90 Å². The van der Waals surface area contributed by atoms with Crippen molar-refractivity contribution in [2.45, 2.75) is 31.4 Å². The van der Waals surface area contributed by atoms with Crippen molar-refractivity contribution in [3.8, 4) is 0 Å². The SMILES string of the molecule is CCc1cc(N2CC[C@](c3ccccc3)(N(C)C)[C@@H](O)C2)c2nncn2n1. The van der Waals surface area contributed by atoms with Gasteiger partial charge in [-0.25, -0.2) is 0 Å². The quantitative estimate of drug-likeness (QED) is 0.758. The van der Waals surface area contributed by atoms with Crippen LogP contribution >= 0.6 is 0 Å². The molecule has 2 aromatic heterocycles. The zero-order valence-corrected chi connectivity index (χ0v) is 16.1. The molecule has 7 nitrogen and oxygen atoms in total. The Kier molecular flexibility index (Phi) is 4.57. The van der Waals surface area contributed by atoms with Crippen LogP contribution in [0.1, 0.15) is 24.6 Å².